The molecule has 0 bridgehead atoms. The smallest absolute Gasteiger partial charge is 0.243 e. The van der Waals surface area contributed by atoms with Crippen LogP contribution in [0.3, 0.4) is 0 Å². The first kappa shape index (κ1) is 26.7. The van der Waals surface area contributed by atoms with Gasteiger partial charge in [-0.15, -0.1) is 0 Å². The van der Waals surface area contributed by atoms with Gasteiger partial charge in [0.25, 0.3) is 0 Å². The van der Waals surface area contributed by atoms with Crippen LogP contribution in [0.15, 0.2) is 78.1 Å². The predicted molar refractivity (Wildman–Crippen MR) is 143 cm³/mol. The van der Waals surface area contributed by atoms with Gasteiger partial charge in [0, 0.05) is 29.6 Å². The molecule has 3 heterocycles. The van der Waals surface area contributed by atoms with Crippen LogP contribution in [0.1, 0.15) is 5.56 Å². The highest BCUT2D eigenvalue weighted by atomic mass is 35.5. The Bertz CT molecular complexity index is 1950. The van der Waals surface area contributed by atoms with Crippen molar-refractivity contribution >= 4 is 54.0 Å². The molecule has 1 N–H and O–H groups in total. The van der Waals surface area contributed by atoms with E-state index in [1.54, 1.807) is 30.3 Å². The zero-order valence-electron chi connectivity index (χ0n) is 20.0. The van der Waals surface area contributed by atoms with Gasteiger partial charge in [0.05, 0.1) is 17.6 Å². The zero-order valence-corrected chi connectivity index (χ0v) is 22.4. The van der Waals surface area contributed by atoms with E-state index < -0.39 is 36.4 Å². The molecule has 9 nitrogen and oxygen atoms in total. The molecule has 3 aromatic heterocycles. The van der Waals surface area contributed by atoms with Crippen molar-refractivity contribution in [1.82, 2.24) is 18.9 Å². The van der Waals surface area contributed by atoms with Gasteiger partial charge in [0.15, 0.2) is 26.6 Å². The summed E-state index contributed by atoms with van der Waals surface area (Å²) in [6, 6.07) is 13.6. The van der Waals surface area contributed by atoms with Crippen LogP contribution < -0.4 is 5.32 Å². The topological polar surface area (TPSA) is 124 Å². The Kier molecular flexibility index (Phi) is 6.83. The summed E-state index contributed by atoms with van der Waals surface area (Å²) in [4.78, 5) is 11.4. The van der Waals surface area contributed by atoms with Gasteiger partial charge in [-0.1, -0.05) is 48.0 Å². The van der Waals surface area contributed by atoms with Crippen molar-refractivity contribution in [2.45, 2.75) is 10.6 Å². The molecule has 0 aliphatic heterocycles. The number of rotatable bonds is 7. The number of halogens is 3. The van der Waals surface area contributed by atoms with E-state index in [2.05, 4.69) is 20.3 Å². The van der Waals surface area contributed by atoms with Crippen molar-refractivity contribution in [3.05, 3.63) is 95.5 Å². The number of anilines is 2. The lowest BCUT2D eigenvalue weighted by Crippen LogP contribution is -2.14. The molecule has 0 fully saturated rings. The van der Waals surface area contributed by atoms with Gasteiger partial charge in [-0.05, 0) is 23.8 Å². The van der Waals surface area contributed by atoms with Crippen LogP contribution in [0.5, 0.6) is 0 Å². The van der Waals surface area contributed by atoms with Crippen LogP contribution in [0.4, 0.5) is 20.4 Å². The van der Waals surface area contributed by atoms with Gasteiger partial charge in [0.2, 0.25) is 16.0 Å². The zero-order chi connectivity index (χ0) is 27.9. The molecule has 5 aromatic rings. The van der Waals surface area contributed by atoms with E-state index in [-0.39, 0.29) is 44.7 Å². The molecule has 0 atom stereocenters. The van der Waals surface area contributed by atoms with Crippen molar-refractivity contribution in [1.29, 1.82) is 0 Å². The maximum atomic E-state index is 15.1. The number of sulfone groups is 1. The van der Waals surface area contributed by atoms with E-state index in [0.29, 0.717) is 5.56 Å². The number of hydrogen-bond donors (Lipinski definition) is 1. The van der Waals surface area contributed by atoms with E-state index in [0.717, 1.165) is 22.5 Å². The third kappa shape index (κ3) is 5.20. The van der Waals surface area contributed by atoms with Gasteiger partial charge in [-0.25, -0.2) is 44.5 Å². The molecule has 0 saturated heterocycles. The van der Waals surface area contributed by atoms with Gasteiger partial charge >= 0.3 is 0 Å². The van der Waals surface area contributed by atoms with Crippen LogP contribution in [0.2, 0.25) is 5.15 Å². The monoisotopic (exact) mass is 589 g/mol. The lowest BCUT2D eigenvalue weighted by Gasteiger charge is -2.10. The van der Waals surface area contributed by atoms with Crippen LogP contribution in [-0.4, -0.2) is 42.0 Å². The number of pyridine rings is 1. The molecule has 5 rings (SSSR count). The standard InChI is InChI=1S/C25H18ClF2N5O4S2/c1-38(34,35)20-9-5-8-19(21(20)28)31-25-30-12-18(27)22(32-25)17-13-33(23-16(17)10-11-29-24(23)26)39(36,37)14-15-6-3-2-4-7-15/h2-13H,14H2,1H3,(H,30,31,32). The Labute approximate surface area is 227 Å². The van der Waals surface area contributed by atoms with Crippen LogP contribution >= 0.6 is 11.6 Å². The number of fused-ring (bicyclic) bond motifs is 1. The normalized spacial score (nSPS) is 12.1. The quantitative estimate of drug-likeness (QED) is 0.264. The van der Waals surface area contributed by atoms with Gasteiger partial charge in [-0.3, -0.25) is 0 Å². The SMILES string of the molecule is CS(=O)(=O)c1cccc(Nc2ncc(F)c(-c3cn(S(=O)(=O)Cc4ccccc4)c4c(Cl)nccc34)n2)c1F. The Hall–Kier alpha value is -3.94. The Morgan fingerprint density at radius 2 is 1.72 bits per heavy atom. The molecule has 0 radical (unpaired) electrons. The first-order valence-electron chi connectivity index (χ1n) is 11.2. The molecular weight excluding hydrogens is 572 g/mol. The first-order chi connectivity index (χ1) is 18.5. The highest BCUT2D eigenvalue weighted by molar-refractivity contribution is 7.90. The number of aromatic nitrogens is 4. The molecule has 39 heavy (non-hydrogen) atoms. The molecule has 200 valence electrons. The van der Waals surface area contributed by atoms with Crippen molar-refractivity contribution in [2.75, 3.05) is 11.6 Å². The van der Waals surface area contributed by atoms with Crippen molar-refractivity contribution in [3.63, 3.8) is 0 Å². The van der Waals surface area contributed by atoms with Gasteiger partial charge in [-0.2, -0.15) is 0 Å². The van der Waals surface area contributed by atoms with Gasteiger partial charge < -0.3 is 5.32 Å². The van der Waals surface area contributed by atoms with Crippen molar-refractivity contribution in [3.8, 4) is 11.3 Å². The van der Waals surface area contributed by atoms with E-state index in [1.165, 1.54) is 30.6 Å². The summed E-state index contributed by atoms with van der Waals surface area (Å²) in [5.74, 6) is -2.57. The van der Waals surface area contributed by atoms with E-state index in [4.69, 9.17) is 11.6 Å². The lowest BCUT2D eigenvalue weighted by atomic mass is 10.1. The fourth-order valence-electron chi connectivity index (χ4n) is 4.00. The molecular formula is C25H18ClF2N5O4S2. The second kappa shape index (κ2) is 9.98. The highest BCUT2D eigenvalue weighted by Gasteiger charge is 2.25. The maximum Gasteiger partial charge on any atom is 0.243 e. The number of hydrogen-bond acceptors (Lipinski definition) is 8. The molecule has 14 heteroatoms. The second-order valence-electron chi connectivity index (χ2n) is 8.48. The minimum atomic E-state index is -4.04. The highest BCUT2D eigenvalue weighted by Crippen LogP contribution is 2.36. The molecule has 2 aromatic carbocycles. The average molecular weight is 590 g/mol. The number of nitrogens with zero attached hydrogens (tertiary/aromatic N) is 4. The molecule has 0 unspecified atom stereocenters. The summed E-state index contributed by atoms with van der Waals surface area (Å²) < 4.78 is 81.4. The van der Waals surface area contributed by atoms with E-state index in [9.17, 15) is 21.2 Å². The Morgan fingerprint density at radius 3 is 2.44 bits per heavy atom. The number of benzene rings is 2. The van der Waals surface area contributed by atoms with E-state index >= 15 is 4.39 Å². The van der Waals surface area contributed by atoms with Crippen molar-refractivity contribution in [2.24, 2.45) is 0 Å². The molecule has 0 amide bonds. The molecule has 0 saturated carbocycles. The van der Waals surface area contributed by atoms with Gasteiger partial charge in [0.1, 0.15) is 16.1 Å². The lowest BCUT2D eigenvalue weighted by molar-refractivity contribution is 0.572. The summed E-state index contributed by atoms with van der Waals surface area (Å²) in [6.45, 7) is 0. The summed E-state index contributed by atoms with van der Waals surface area (Å²) in [5, 5.41) is 2.69. The fourth-order valence-corrected chi connectivity index (χ4v) is 6.54. The summed E-state index contributed by atoms with van der Waals surface area (Å²) >= 11 is 6.29. The van der Waals surface area contributed by atoms with Crippen LogP contribution in [0, 0.1) is 11.6 Å². The van der Waals surface area contributed by atoms with Crippen molar-refractivity contribution < 1.29 is 25.6 Å². The largest absolute Gasteiger partial charge is 0.322 e. The molecule has 0 aliphatic rings. The predicted octanol–water partition coefficient (Wildman–Crippen LogP) is 4.95. The van der Waals surface area contributed by atoms with Crippen LogP contribution in [0.25, 0.3) is 22.2 Å². The maximum absolute atomic E-state index is 15.1. The number of nitrogens with one attached hydrogen (secondary N) is 1. The fraction of sp³-hybridized carbons (Fsp3) is 0.0800. The third-order valence-electron chi connectivity index (χ3n) is 5.74. The Balaban J connectivity index is 1.62. The third-order valence-corrected chi connectivity index (χ3v) is 8.71. The second-order valence-corrected chi connectivity index (χ2v) is 12.7. The van der Waals surface area contributed by atoms with E-state index in [1.807, 2.05) is 0 Å². The summed E-state index contributed by atoms with van der Waals surface area (Å²) in [6.07, 6.45) is 4.22. The molecule has 0 spiro atoms. The summed E-state index contributed by atoms with van der Waals surface area (Å²) in [7, 11) is -7.90. The average Bonchev–Trinajstić information content (AvgIpc) is 3.28. The van der Waals surface area contributed by atoms with Crippen LogP contribution in [-0.2, 0) is 25.6 Å². The minimum Gasteiger partial charge on any atom is -0.322 e. The Morgan fingerprint density at radius 1 is 0.974 bits per heavy atom. The minimum absolute atomic E-state index is 0.0320. The first-order valence-corrected chi connectivity index (χ1v) is 15.0. The summed E-state index contributed by atoms with van der Waals surface area (Å²) in [5.41, 5.74) is 0.0754. The molecule has 0 aliphatic carbocycles.